The van der Waals surface area contributed by atoms with E-state index >= 15 is 0 Å². The summed E-state index contributed by atoms with van der Waals surface area (Å²) in [7, 11) is 3.16. The van der Waals surface area contributed by atoms with Crippen LogP contribution in [0, 0.1) is 23.5 Å². The fraction of sp³-hybridized carbons (Fsp3) is 0.368. The largest absolute Gasteiger partial charge is 0.497 e. The van der Waals surface area contributed by atoms with Crippen molar-refractivity contribution in [3.05, 3.63) is 107 Å². The van der Waals surface area contributed by atoms with E-state index in [4.69, 9.17) is 21.1 Å². The molecule has 0 fully saturated rings. The summed E-state index contributed by atoms with van der Waals surface area (Å²) in [5.41, 5.74) is 6.94. The molecule has 0 aliphatic rings. The molecular formula is C38H45ClF2O3. The molecule has 0 saturated heterocycles. The van der Waals surface area contributed by atoms with Gasteiger partial charge in [-0.1, -0.05) is 77.9 Å². The molecule has 2 unspecified atom stereocenters. The van der Waals surface area contributed by atoms with E-state index in [-0.39, 0.29) is 24.2 Å². The number of aliphatic hydroxyl groups excluding tert-OH is 1. The standard InChI is InChI=1S/C19H22ClFO.C19H23FO2/c1-12(2)13(3)17-9-14(11-20)5-7-16(17)18-10-15(22-4)6-8-19(18)21;1-12(2)13(3)17-9-14(11-21)5-7-16(17)18-10-15(22-4)6-8-19(18)20/h5-10,12-13H,11H2,1-4H3;5-10,12-13,21H,11H2,1-4H3. The molecule has 0 radical (unpaired) electrons. The van der Waals surface area contributed by atoms with Gasteiger partial charge in [-0.2, -0.15) is 0 Å². The van der Waals surface area contributed by atoms with Gasteiger partial charge in [0.15, 0.2) is 0 Å². The lowest BCUT2D eigenvalue weighted by molar-refractivity contribution is 0.281. The number of alkyl halides is 1. The predicted octanol–water partition coefficient (Wildman–Crippen LogP) is 10.8. The normalized spacial score (nSPS) is 12.5. The van der Waals surface area contributed by atoms with Crippen LogP contribution < -0.4 is 9.47 Å². The van der Waals surface area contributed by atoms with Gasteiger partial charge in [-0.3, -0.25) is 0 Å². The van der Waals surface area contributed by atoms with E-state index in [1.807, 2.05) is 30.3 Å². The molecule has 44 heavy (non-hydrogen) atoms. The summed E-state index contributed by atoms with van der Waals surface area (Å²) >= 11 is 5.97. The molecule has 2 atom stereocenters. The molecule has 3 nitrogen and oxygen atoms in total. The van der Waals surface area contributed by atoms with Crippen LogP contribution >= 0.6 is 11.6 Å². The van der Waals surface area contributed by atoms with E-state index in [0.717, 1.165) is 33.4 Å². The van der Waals surface area contributed by atoms with Gasteiger partial charge in [0.05, 0.1) is 20.8 Å². The Morgan fingerprint density at radius 2 is 1.00 bits per heavy atom. The zero-order chi connectivity index (χ0) is 32.6. The van der Waals surface area contributed by atoms with E-state index in [1.165, 1.54) is 12.1 Å². The maximum atomic E-state index is 14.3. The fourth-order valence-corrected chi connectivity index (χ4v) is 5.21. The second-order valence-corrected chi connectivity index (χ2v) is 12.2. The molecular weight excluding hydrogens is 578 g/mol. The van der Waals surface area contributed by atoms with Crippen LogP contribution in [0.5, 0.6) is 11.5 Å². The van der Waals surface area contributed by atoms with Gasteiger partial charge in [-0.15, -0.1) is 11.6 Å². The number of hydrogen-bond donors (Lipinski definition) is 1. The molecule has 0 amide bonds. The van der Waals surface area contributed by atoms with Gasteiger partial charge in [0.2, 0.25) is 0 Å². The Bertz CT molecular complexity index is 1420. The minimum Gasteiger partial charge on any atom is -0.497 e. The number of halogens is 3. The highest BCUT2D eigenvalue weighted by atomic mass is 35.5. The van der Waals surface area contributed by atoms with Gasteiger partial charge in [0, 0.05) is 17.0 Å². The third-order valence-electron chi connectivity index (χ3n) is 8.48. The van der Waals surface area contributed by atoms with Gasteiger partial charge < -0.3 is 14.6 Å². The van der Waals surface area contributed by atoms with E-state index in [0.29, 0.717) is 46.3 Å². The summed E-state index contributed by atoms with van der Waals surface area (Å²) in [6, 6.07) is 21.3. The summed E-state index contributed by atoms with van der Waals surface area (Å²) in [6.45, 7) is 12.9. The Kier molecular flexibility index (Phi) is 12.8. The second-order valence-electron chi connectivity index (χ2n) is 11.9. The van der Waals surface area contributed by atoms with Crippen LogP contribution in [-0.2, 0) is 12.5 Å². The monoisotopic (exact) mass is 622 g/mol. The highest BCUT2D eigenvalue weighted by molar-refractivity contribution is 6.17. The van der Waals surface area contributed by atoms with Crippen molar-refractivity contribution in [1.82, 2.24) is 0 Å². The fourth-order valence-electron chi connectivity index (χ4n) is 5.04. The van der Waals surface area contributed by atoms with Crippen molar-refractivity contribution in [3.63, 3.8) is 0 Å². The predicted molar refractivity (Wildman–Crippen MR) is 179 cm³/mol. The minimum atomic E-state index is -0.269. The number of ether oxygens (including phenoxy) is 2. The lowest BCUT2D eigenvalue weighted by atomic mass is 9.84. The first-order valence-corrected chi connectivity index (χ1v) is 15.6. The first-order chi connectivity index (χ1) is 20.9. The Labute approximate surface area is 266 Å². The average Bonchev–Trinajstić information content (AvgIpc) is 3.04. The number of aliphatic hydroxyl groups is 1. The zero-order valence-electron chi connectivity index (χ0n) is 27.0. The molecule has 4 aromatic carbocycles. The smallest absolute Gasteiger partial charge is 0.131 e. The molecule has 0 saturated carbocycles. The van der Waals surface area contributed by atoms with E-state index in [1.54, 1.807) is 38.5 Å². The van der Waals surface area contributed by atoms with E-state index in [9.17, 15) is 13.9 Å². The summed E-state index contributed by atoms with van der Waals surface area (Å²) < 4.78 is 39.1. The second kappa shape index (κ2) is 16.1. The Balaban J connectivity index is 0.000000240. The quantitative estimate of drug-likeness (QED) is 0.179. The SMILES string of the molecule is COc1ccc(F)c(-c2ccc(CCl)cc2C(C)C(C)C)c1.COc1ccc(F)c(-c2ccc(CO)cc2C(C)C(C)C)c1. The molecule has 236 valence electrons. The van der Waals surface area contributed by atoms with Crippen LogP contribution in [-0.4, -0.2) is 19.3 Å². The van der Waals surface area contributed by atoms with Crippen molar-refractivity contribution in [2.45, 2.75) is 65.9 Å². The maximum Gasteiger partial charge on any atom is 0.131 e. The lowest BCUT2D eigenvalue weighted by Crippen LogP contribution is -2.05. The van der Waals surface area contributed by atoms with Gasteiger partial charge in [0.25, 0.3) is 0 Å². The summed E-state index contributed by atoms with van der Waals surface area (Å²) in [5.74, 6) is 2.67. The molecule has 1 N–H and O–H groups in total. The average molecular weight is 623 g/mol. The van der Waals surface area contributed by atoms with Crippen molar-refractivity contribution in [2.75, 3.05) is 14.2 Å². The van der Waals surface area contributed by atoms with E-state index in [2.05, 4.69) is 47.6 Å². The molecule has 0 heterocycles. The summed E-state index contributed by atoms with van der Waals surface area (Å²) in [4.78, 5) is 0. The van der Waals surface area contributed by atoms with Gasteiger partial charge >= 0.3 is 0 Å². The Morgan fingerprint density at radius 3 is 1.36 bits per heavy atom. The van der Waals surface area contributed by atoms with Crippen molar-refractivity contribution in [3.8, 4) is 33.8 Å². The molecule has 0 aromatic heterocycles. The van der Waals surface area contributed by atoms with Gasteiger partial charge in [0.1, 0.15) is 23.1 Å². The number of methoxy groups -OCH3 is 2. The molecule has 0 spiro atoms. The van der Waals surface area contributed by atoms with Crippen molar-refractivity contribution in [1.29, 1.82) is 0 Å². The molecule has 4 rings (SSSR count). The number of benzene rings is 4. The lowest BCUT2D eigenvalue weighted by Gasteiger charge is -2.21. The molecule has 6 heteroatoms. The molecule has 0 bridgehead atoms. The first-order valence-electron chi connectivity index (χ1n) is 15.1. The third-order valence-corrected chi connectivity index (χ3v) is 8.79. The van der Waals surface area contributed by atoms with Crippen molar-refractivity contribution in [2.24, 2.45) is 11.8 Å². The van der Waals surface area contributed by atoms with Crippen LogP contribution in [0.15, 0.2) is 72.8 Å². The number of hydrogen-bond acceptors (Lipinski definition) is 3. The van der Waals surface area contributed by atoms with Gasteiger partial charge in [-0.05, 0) is 93.5 Å². The summed E-state index contributed by atoms with van der Waals surface area (Å²) in [6.07, 6.45) is 0. The van der Waals surface area contributed by atoms with E-state index < -0.39 is 0 Å². The van der Waals surface area contributed by atoms with Crippen LogP contribution in [0.1, 0.15) is 75.6 Å². The Morgan fingerprint density at radius 1 is 0.591 bits per heavy atom. The zero-order valence-corrected chi connectivity index (χ0v) is 27.8. The van der Waals surface area contributed by atoms with Crippen LogP contribution in [0.3, 0.4) is 0 Å². The molecule has 0 aliphatic carbocycles. The van der Waals surface area contributed by atoms with Crippen molar-refractivity contribution >= 4 is 11.6 Å². The molecule has 0 aliphatic heterocycles. The van der Waals surface area contributed by atoms with Crippen LogP contribution in [0.25, 0.3) is 22.3 Å². The van der Waals surface area contributed by atoms with Crippen molar-refractivity contribution < 1.29 is 23.4 Å². The summed E-state index contributed by atoms with van der Waals surface area (Å²) in [5, 5.41) is 9.39. The topological polar surface area (TPSA) is 38.7 Å². The van der Waals surface area contributed by atoms with Gasteiger partial charge in [-0.25, -0.2) is 8.78 Å². The third kappa shape index (κ3) is 8.40. The minimum absolute atomic E-state index is 0.0152. The Hall–Kier alpha value is -3.41. The maximum absolute atomic E-state index is 14.3. The molecule has 4 aromatic rings. The highest BCUT2D eigenvalue weighted by Crippen LogP contribution is 2.38. The first kappa shape index (κ1) is 35.1. The number of rotatable bonds is 10. The van der Waals surface area contributed by atoms with Crippen LogP contribution in [0.2, 0.25) is 0 Å². The highest BCUT2D eigenvalue weighted by Gasteiger charge is 2.20. The van der Waals surface area contributed by atoms with Crippen LogP contribution in [0.4, 0.5) is 8.78 Å².